The number of benzene rings is 1. The van der Waals surface area contributed by atoms with Gasteiger partial charge in [0, 0.05) is 10.9 Å². The summed E-state index contributed by atoms with van der Waals surface area (Å²) in [5.74, 6) is -0.344. The van der Waals surface area contributed by atoms with E-state index in [4.69, 9.17) is 11.6 Å². The highest BCUT2D eigenvalue weighted by molar-refractivity contribution is 8.00. The van der Waals surface area contributed by atoms with Crippen molar-refractivity contribution < 1.29 is 9.59 Å². The average molecular weight is 301 g/mol. The first-order valence-corrected chi connectivity index (χ1v) is 7.18. The molecule has 0 bridgehead atoms. The molecule has 2 N–H and O–H groups in total. The van der Waals surface area contributed by atoms with Crippen molar-refractivity contribution in [1.29, 1.82) is 0 Å². The number of carbonyl (C=O) groups is 2. The summed E-state index contributed by atoms with van der Waals surface area (Å²) in [5.41, 5.74) is 0. The Morgan fingerprint density at radius 3 is 2.42 bits per heavy atom. The van der Waals surface area contributed by atoms with Crippen LogP contribution in [0.25, 0.3) is 0 Å². The van der Waals surface area contributed by atoms with Crippen molar-refractivity contribution in [3.63, 3.8) is 0 Å². The minimum Gasteiger partial charge on any atom is -0.336 e. The van der Waals surface area contributed by atoms with E-state index >= 15 is 0 Å². The summed E-state index contributed by atoms with van der Waals surface area (Å²) in [5, 5.41) is 5.09. The molecule has 0 heterocycles. The zero-order valence-electron chi connectivity index (χ0n) is 11.1. The van der Waals surface area contributed by atoms with Crippen LogP contribution in [0.4, 0.5) is 4.79 Å². The lowest BCUT2D eigenvalue weighted by atomic mass is 10.4. The van der Waals surface area contributed by atoms with Crippen LogP contribution in [0.15, 0.2) is 29.2 Å². The largest absolute Gasteiger partial charge is 0.336 e. The Morgan fingerprint density at radius 1 is 1.21 bits per heavy atom. The Balaban J connectivity index is 2.54. The first-order valence-electron chi connectivity index (χ1n) is 5.92. The molecule has 104 valence electrons. The molecule has 0 aliphatic carbocycles. The molecule has 0 saturated heterocycles. The fourth-order valence-electron chi connectivity index (χ4n) is 1.30. The van der Waals surface area contributed by atoms with Crippen molar-refractivity contribution in [1.82, 2.24) is 10.6 Å². The van der Waals surface area contributed by atoms with Crippen LogP contribution in [0.5, 0.6) is 0 Å². The van der Waals surface area contributed by atoms with Crippen LogP contribution in [0.2, 0.25) is 5.02 Å². The molecule has 3 amide bonds. The van der Waals surface area contributed by atoms with E-state index in [1.165, 1.54) is 11.8 Å². The van der Waals surface area contributed by atoms with Gasteiger partial charge in [-0.1, -0.05) is 23.7 Å². The van der Waals surface area contributed by atoms with E-state index in [9.17, 15) is 9.59 Å². The maximum Gasteiger partial charge on any atom is 0.321 e. The van der Waals surface area contributed by atoms with Gasteiger partial charge in [0.05, 0.1) is 10.3 Å². The van der Waals surface area contributed by atoms with Gasteiger partial charge in [-0.25, -0.2) is 4.79 Å². The van der Waals surface area contributed by atoms with E-state index in [-0.39, 0.29) is 11.9 Å². The molecule has 0 saturated carbocycles. The highest BCUT2D eigenvalue weighted by Gasteiger charge is 2.18. The predicted molar refractivity (Wildman–Crippen MR) is 78.6 cm³/mol. The zero-order valence-corrected chi connectivity index (χ0v) is 12.6. The molecule has 0 aliphatic rings. The summed E-state index contributed by atoms with van der Waals surface area (Å²) in [7, 11) is 0. The number of amides is 3. The van der Waals surface area contributed by atoms with Crippen LogP contribution < -0.4 is 10.6 Å². The average Bonchev–Trinajstić information content (AvgIpc) is 2.30. The van der Waals surface area contributed by atoms with Crippen molar-refractivity contribution in [2.45, 2.75) is 37.0 Å². The van der Waals surface area contributed by atoms with Gasteiger partial charge in [0.1, 0.15) is 0 Å². The van der Waals surface area contributed by atoms with E-state index in [0.29, 0.717) is 5.02 Å². The lowest BCUT2D eigenvalue weighted by molar-refractivity contribution is -0.119. The topological polar surface area (TPSA) is 58.2 Å². The highest BCUT2D eigenvalue weighted by Crippen LogP contribution is 2.29. The van der Waals surface area contributed by atoms with E-state index in [0.717, 1.165) is 4.90 Å². The Labute approximate surface area is 122 Å². The van der Waals surface area contributed by atoms with Crippen LogP contribution in [-0.2, 0) is 4.79 Å². The van der Waals surface area contributed by atoms with Gasteiger partial charge < -0.3 is 5.32 Å². The number of urea groups is 1. The lowest BCUT2D eigenvalue weighted by Crippen LogP contribution is -2.45. The Kier molecular flexibility index (Phi) is 6.18. The monoisotopic (exact) mass is 300 g/mol. The molecular weight excluding hydrogens is 284 g/mol. The van der Waals surface area contributed by atoms with E-state index in [1.54, 1.807) is 13.0 Å². The number of hydrogen-bond donors (Lipinski definition) is 2. The molecule has 0 unspecified atom stereocenters. The van der Waals surface area contributed by atoms with Crippen molar-refractivity contribution >= 4 is 35.3 Å². The second-order valence-corrected chi connectivity index (χ2v) is 6.10. The zero-order chi connectivity index (χ0) is 14.4. The smallest absolute Gasteiger partial charge is 0.321 e. The molecule has 4 nitrogen and oxygen atoms in total. The maximum atomic E-state index is 11.8. The summed E-state index contributed by atoms with van der Waals surface area (Å²) in [6, 6.07) is 6.79. The molecule has 1 aromatic rings. The summed E-state index contributed by atoms with van der Waals surface area (Å²) >= 11 is 7.33. The molecular formula is C13H17ClN2O2S. The SMILES string of the molecule is CC(C)NC(=O)NC(=O)[C@H](C)Sc1ccccc1Cl. The second-order valence-electron chi connectivity index (χ2n) is 4.31. The van der Waals surface area contributed by atoms with E-state index in [2.05, 4.69) is 10.6 Å². The molecule has 0 radical (unpaired) electrons. The van der Waals surface area contributed by atoms with Gasteiger partial charge in [-0.2, -0.15) is 0 Å². The molecule has 1 rings (SSSR count). The van der Waals surface area contributed by atoms with Crippen LogP contribution in [0.3, 0.4) is 0 Å². The number of hydrogen-bond acceptors (Lipinski definition) is 3. The summed E-state index contributed by atoms with van der Waals surface area (Å²) in [6.45, 7) is 5.38. The van der Waals surface area contributed by atoms with Crippen molar-refractivity contribution in [2.24, 2.45) is 0 Å². The Morgan fingerprint density at radius 2 is 1.84 bits per heavy atom. The standard InChI is InChI=1S/C13H17ClN2O2S/c1-8(2)15-13(18)16-12(17)9(3)19-11-7-5-4-6-10(11)14/h4-9H,1-3H3,(H2,15,16,17,18)/t9-/m0/s1. The molecule has 1 atom stereocenters. The third kappa shape index (κ3) is 5.53. The first kappa shape index (κ1) is 15.9. The number of thioether (sulfide) groups is 1. The lowest BCUT2D eigenvalue weighted by Gasteiger charge is -2.13. The van der Waals surface area contributed by atoms with Crippen molar-refractivity contribution in [2.75, 3.05) is 0 Å². The third-order valence-corrected chi connectivity index (χ3v) is 3.79. The summed E-state index contributed by atoms with van der Waals surface area (Å²) in [6.07, 6.45) is 0. The number of rotatable bonds is 4. The minimum absolute atomic E-state index is 0.0145. The van der Waals surface area contributed by atoms with Crippen molar-refractivity contribution in [3.05, 3.63) is 29.3 Å². The summed E-state index contributed by atoms with van der Waals surface area (Å²) < 4.78 is 0. The molecule has 6 heteroatoms. The molecule has 1 aromatic carbocycles. The predicted octanol–water partition coefficient (Wildman–Crippen LogP) is 3.05. The van der Waals surface area contributed by atoms with Crippen LogP contribution >= 0.6 is 23.4 Å². The molecule has 0 spiro atoms. The molecule has 0 fully saturated rings. The van der Waals surface area contributed by atoms with Gasteiger partial charge >= 0.3 is 6.03 Å². The van der Waals surface area contributed by atoms with E-state index < -0.39 is 11.3 Å². The fraction of sp³-hybridized carbons (Fsp3) is 0.385. The van der Waals surface area contributed by atoms with Gasteiger partial charge in [-0.3, -0.25) is 10.1 Å². The van der Waals surface area contributed by atoms with Gasteiger partial charge in [0.15, 0.2) is 0 Å². The fourth-order valence-corrected chi connectivity index (χ4v) is 2.45. The van der Waals surface area contributed by atoms with Gasteiger partial charge in [0.2, 0.25) is 5.91 Å². The maximum absolute atomic E-state index is 11.8. The quantitative estimate of drug-likeness (QED) is 0.840. The number of imide groups is 1. The van der Waals surface area contributed by atoms with Crippen LogP contribution in [0.1, 0.15) is 20.8 Å². The molecule has 19 heavy (non-hydrogen) atoms. The third-order valence-electron chi connectivity index (χ3n) is 2.17. The second kappa shape index (κ2) is 7.40. The van der Waals surface area contributed by atoms with E-state index in [1.807, 2.05) is 32.0 Å². The van der Waals surface area contributed by atoms with Crippen LogP contribution in [-0.4, -0.2) is 23.2 Å². The molecule has 0 aliphatic heterocycles. The Bertz CT molecular complexity index is 466. The number of carbonyl (C=O) groups excluding carboxylic acids is 2. The van der Waals surface area contributed by atoms with Crippen molar-refractivity contribution in [3.8, 4) is 0 Å². The first-order chi connectivity index (χ1) is 8.90. The highest BCUT2D eigenvalue weighted by atomic mass is 35.5. The van der Waals surface area contributed by atoms with Gasteiger partial charge in [-0.15, -0.1) is 11.8 Å². The number of nitrogens with one attached hydrogen (secondary N) is 2. The number of halogens is 1. The van der Waals surface area contributed by atoms with Gasteiger partial charge in [-0.05, 0) is 32.9 Å². The summed E-state index contributed by atoms with van der Waals surface area (Å²) in [4.78, 5) is 24.0. The van der Waals surface area contributed by atoms with Crippen LogP contribution in [0, 0.1) is 0 Å². The minimum atomic E-state index is -0.480. The normalized spacial score (nSPS) is 12.1. The molecule has 0 aromatic heterocycles. The Hall–Kier alpha value is -1.20. The van der Waals surface area contributed by atoms with Gasteiger partial charge in [0.25, 0.3) is 0 Å².